The number of rotatable bonds is 4. The Hall–Kier alpha value is -1.33. The SMILES string of the molecule is CCC(C)(CO)Nc1c(N)cnc2ccc(Br)cc12. The van der Waals surface area contributed by atoms with Crippen molar-refractivity contribution in [3.63, 3.8) is 0 Å². The van der Waals surface area contributed by atoms with E-state index in [0.717, 1.165) is 27.5 Å². The smallest absolute Gasteiger partial charge is 0.0743 e. The van der Waals surface area contributed by atoms with Gasteiger partial charge in [-0.3, -0.25) is 4.98 Å². The number of hydrogen-bond donors (Lipinski definition) is 3. The molecule has 1 unspecified atom stereocenters. The van der Waals surface area contributed by atoms with E-state index >= 15 is 0 Å². The van der Waals surface area contributed by atoms with E-state index < -0.39 is 5.54 Å². The van der Waals surface area contributed by atoms with Crippen LogP contribution in [0.1, 0.15) is 20.3 Å². The second kappa shape index (κ2) is 5.35. The number of aliphatic hydroxyl groups excluding tert-OH is 1. The quantitative estimate of drug-likeness (QED) is 0.808. The first-order valence-electron chi connectivity index (χ1n) is 6.22. The van der Waals surface area contributed by atoms with Gasteiger partial charge in [0.1, 0.15) is 0 Å². The van der Waals surface area contributed by atoms with Crippen molar-refractivity contribution in [2.75, 3.05) is 17.7 Å². The van der Waals surface area contributed by atoms with Crippen molar-refractivity contribution in [2.24, 2.45) is 0 Å². The Morgan fingerprint density at radius 1 is 1.47 bits per heavy atom. The molecule has 0 fully saturated rings. The van der Waals surface area contributed by atoms with E-state index in [1.165, 1.54) is 0 Å². The van der Waals surface area contributed by atoms with Crippen LogP contribution in [0.2, 0.25) is 0 Å². The molecule has 0 amide bonds. The van der Waals surface area contributed by atoms with E-state index in [1.54, 1.807) is 6.20 Å². The number of halogens is 1. The summed E-state index contributed by atoms with van der Waals surface area (Å²) in [4.78, 5) is 4.32. The van der Waals surface area contributed by atoms with Gasteiger partial charge in [-0.2, -0.15) is 0 Å². The highest BCUT2D eigenvalue weighted by Crippen LogP contribution is 2.32. The summed E-state index contributed by atoms with van der Waals surface area (Å²) < 4.78 is 0.970. The molecule has 0 saturated carbocycles. The molecule has 4 nitrogen and oxygen atoms in total. The van der Waals surface area contributed by atoms with Crippen LogP contribution in [0.25, 0.3) is 10.9 Å². The molecule has 0 spiro atoms. The van der Waals surface area contributed by atoms with Gasteiger partial charge in [-0.25, -0.2) is 0 Å². The van der Waals surface area contributed by atoms with Crippen molar-refractivity contribution in [2.45, 2.75) is 25.8 Å². The number of fused-ring (bicyclic) bond motifs is 1. The lowest BCUT2D eigenvalue weighted by atomic mass is 9.99. The molecule has 0 aliphatic rings. The van der Waals surface area contributed by atoms with Crippen LogP contribution in [-0.2, 0) is 0 Å². The summed E-state index contributed by atoms with van der Waals surface area (Å²) in [5.74, 6) is 0. The number of aliphatic hydroxyl groups is 1. The van der Waals surface area contributed by atoms with E-state index in [1.807, 2.05) is 32.0 Å². The molecular weight excluding hydrogens is 306 g/mol. The second-order valence-corrected chi connectivity index (χ2v) is 5.86. The van der Waals surface area contributed by atoms with Gasteiger partial charge >= 0.3 is 0 Å². The Kier molecular flexibility index (Phi) is 3.96. The number of nitrogens with zero attached hydrogens (tertiary/aromatic N) is 1. The van der Waals surface area contributed by atoms with E-state index in [4.69, 9.17) is 5.73 Å². The standard InChI is InChI=1S/C14H18BrN3O/c1-3-14(2,8-19)18-13-10-6-9(15)4-5-12(10)17-7-11(13)16/h4-7,19H,3,8,16H2,1-2H3,(H,17,18). The van der Waals surface area contributed by atoms with Crippen LogP contribution >= 0.6 is 15.9 Å². The second-order valence-electron chi connectivity index (χ2n) is 4.95. The number of benzene rings is 1. The van der Waals surface area contributed by atoms with Crippen LogP contribution < -0.4 is 11.1 Å². The predicted molar refractivity (Wildman–Crippen MR) is 83.3 cm³/mol. The maximum Gasteiger partial charge on any atom is 0.0743 e. The molecule has 5 heteroatoms. The fourth-order valence-electron chi connectivity index (χ4n) is 1.86. The molecule has 102 valence electrons. The summed E-state index contributed by atoms with van der Waals surface area (Å²) >= 11 is 3.46. The molecule has 0 aliphatic carbocycles. The molecule has 1 heterocycles. The Morgan fingerprint density at radius 2 is 2.21 bits per heavy atom. The number of hydrogen-bond acceptors (Lipinski definition) is 4. The Morgan fingerprint density at radius 3 is 2.84 bits per heavy atom. The first-order valence-corrected chi connectivity index (χ1v) is 7.01. The molecule has 1 aromatic heterocycles. The topological polar surface area (TPSA) is 71.2 Å². The molecule has 4 N–H and O–H groups in total. The highest BCUT2D eigenvalue weighted by molar-refractivity contribution is 9.10. The highest BCUT2D eigenvalue weighted by atomic mass is 79.9. The number of anilines is 2. The molecule has 0 saturated heterocycles. The maximum absolute atomic E-state index is 9.54. The summed E-state index contributed by atoms with van der Waals surface area (Å²) in [5.41, 5.74) is 7.91. The summed E-state index contributed by atoms with van der Waals surface area (Å²) in [6.45, 7) is 4.04. The van der Waals surface area contributed by atoms with Crippen molar-refractivity contribution < 1.29 is 5.11 Å². The normalized spacial score (nSPS) is 14.3. The van der Waals surface area contributed by atoms with Crippen molar-refractivity contribution in [3.05, 3.63) is 28.9 Å². The van der Waals surface area contributed by atoms with E-state index in [2.05, 4.69) is 26.2 Å². The molecule has 0 radical (unpaired) electrons. The first-order chi connectivity index (χ1) is 8.99. The molecule has 19 heavy (non-hydrogen) atoms. The third-order valence-electron chi connectivity index (χ3n) is 3.42. The van der Waals surface area contributed by atoms with Crippen LogP contribution in [-0.4, -0.2) is 22.2 Å². The fraction of sp³-hybridized carbons (Fsp3) is 0.357. The van der Waals surface area contributed by atoms with Gasteiger partial charge in [-0.05, 0) is 31.5 Å². The van der Waals surface area contributed by atoms with Gasteiger partial charge in [0.05, 0.1) is 35.2 Å². The lowest BCUT2D eigenvalue weighted by molar-refractivity contribution is 0.219. The lowest BCUT2D eigenvalue weighted by Crippen LogP contribution is -2.38. The molecule has 0 aliphatic heterocycles. The minimum absolute atomic E-state index is 0.0424. The largest absolute Gasteiger partial charge is 0.396 e. The Labute approximate surface area is 121 Å². The number of pyridine rings is 1. The average Bonchev–Trinajstić information content (AvgIpc) is 2.42. The van der Waals surface area contributed by atoms with Crippen LogP contribution in [0.5, 0.6) is 0 Å². The van der Waals surface area contributed by atoms with Crippen molar-refractivity contribution in [3.8, 4) is 0 Å². The van der Waals surface area contributed by atoms with Crippen molar-refractivity contribution in [1.82, 2.24) is 4.98 Å². The molecular formula is C14H18BrN3O. The average molecular weight is 324 g/mol. The van der Waals surface area contributed by atoms with Gasteiger partial charge in [0.15, 0.2) is 0 Å². The Balaban J connectivity index is 2.58. The first kappa shape index (κ1) is 14.1. The number of aromatic nitrogens is 1. The van der Waals surface area contributed by atoms with Crippen LogP contribution in [0.3, 0.4) is 0 Å². The summed E-state index contributed by atoms with van der Waals surface area (Å²) in [5, 5.41) is 13.8. The van der Waals surface area contributed by atoms with Gasteiger partial charge in [-0.15, -0.1) is 0 Å². The maximum atomic E-state index is 9.54. The monoisotopic (exact) mass is 323 g/mol. The van der Waals surface area contributed by atoms with E-state index in [-0.39, 0.29) is 6.61 Å². The van der Waals surface area contributed by atoms with Gasteiger partial charge in [0, 0.05) is 9.86 Å². The van der Waals surface area contributed by atoms with Crippen molar-refractivity contribution >= 4 is 38.2 Å². The van der Waals surface area contributed by atoms with Gasteiger partial charge in [0.2, 0.25) is 0 Å². The predicted octanol–water partition coefficient (Wildman–Crippen LogP) is 3.15. The van der Waals surface area contributed by atoms with Crippen molar-refractivity contribution in [1.29, 1.82) is 0 Å². The minimum atomic E-state index is -0.398. The molecule has 2 rings (SSSR count). The third-order valence-corrected chi connectivity index (χ3v) is 3.91. The molecule has 1 atom stereocenters. The van der Waals surface area contributed by atoms with Gasteiger partial charge < -0.3 is 16.2 Å². The van der Waals surface area contributed by atoms with E-state index in [9.17, 15) is 5.11 Å². The fourth-order valence-corrected chi connectivity index (χ4v) is 2.22. The number of nitrogens with one attached hydrogen (secondary N) is 1. The zero-order chi connectivity index (χ0) is 14.0. The minimum Gasteiger partial charge on any atom is -0.396 e. The van der Waals surface area contributed by atoms with Gasteiger partial charge in [0.25, 0.3) is 0 Å². The van der Waals surface area contributed by atoms with Crippen LogP contribution in [0.4, 0.5) is 11.4 Å². The van der Waals surface area contributed by atoms with Crippen LogP contribution in [0.15, 0.2) is 28.9 Å². The summed E-state index contributed by atoms with van der Waals surface area (Å²) in [7, 11) is 0. The Bertz CT molecular complexity index is 591. The summed E-state index contributed by atoms with van der Waals surface area (Å²) in [6, 6.07) is 5.86. The number of nitrogens with two attached hydrogens (primary N) is 1. The molecule has 0 bridgehead atoms. The van der Waals surface area contributed by atoms with Crippen LogP contribution in [0, 0.1) is 0 Å². The van der Waals surface area contributed by atoms with E-state index in [0.29, 0.717) is 5.69 Å². The zero-order valence-electron chi connectivity index (χ0n) is 11.1. The summed E-state index contributed by atoms with van der Waals surface area (Å²) in [6.07, 6.45) is 2.44. The highest BCUT2D eigenvalue weighted by Gasteiger charge is 2.22. The zero-order valence-corrected chi connectivity index (χ0v) is 12.7. The number of nitrogen functional groups attached to an aromatic ring is 1. The molecule has 2 aromatic rings. The third kappa shape index (κ3) is 2.82. The molecule has 1 aromatic carbocycles. The van der Waals surface area contributed by atoms with Gasteiger partial charge in [-0.1, -0.05) is 22.9 Å². The lowest BCUT2D eigenvalue weighted by Gasteiger charge is -2.29.